The fourth-order valence-corrected chi connectivity index (χ4v) is 5.47. The molecule has 5 aromatic carbocycles. The van der Waals surface area contributed by atoms with Crippen LogP contribution in [0.25, 0.3) is 39.1 Å². The maximum Gasteiger partial charge on any atom is 0.345 e. The second kappa shape index (κ2) is 13.5. The zero-order valence-electron chi connectivity index (χ0n) is 25.3. The summed E-state index contributed by atoms with van der Waals surface area (Å²) in [6, 6.07) is 18.7. The zero-order valence-corrected chi connectivity index (χ0v) is 25.3. The molecule has 0 aliphatic rings. The summed E-state index contributed by atoms with van der Waals surface area (Å²) >= 11 is 0. The third-order valence-electron chi connectivity index (χ3n) is 7.81. The molecule has 0 aliphatic carbocycles. The van der Waals surface area contributed by atoms with Crippen LogP contribution in [0.1, 0.15) is 17.0 Å². The molecule has 5 rings (SSSR count). The van der Waals surface area contributed by atoms with Crippen molar-refractivity contribution in [3.05, 3.63) is 96.1 Å². The van der Waals surface area contributed by atoms with Gasteiger partial charge < -0.3 is 50.9 Å². The van der Waals surface area contributed by atoms with Crippen molar-refractivity contribution in [1.29, 1.82) is 0 Å². The standard InChI is InChI=1S/C36H31NO11/c1-37-17-27(21-6-9-28(39)29(40)13-21)35(36(46)47)48-33(44)10-7-20-14-32(43)34(45)23-8-5-19(12-24(20)23)26-16-31(42)30(41)15-25(26)18-3-2-4-22(38)11-18/h2-16,27,35,37-43,45H,17H2,1H3,(H,46,47). The van der Waals surface area contributed by atoms with E-state index in [1.807, 2.05) is 0 Å². The normalized spacial score (nSPS) is 12.6. The van der Waals surface area contributed by atoms with E-state index in [-0.39, 0.29) is 34.6 Å². The molecule has 0 radical (unpaired) electrons. The summed E-state index contributed by atoms with van der Waals surface area (Å²) in [5.74, 6) is -6.07. The number of phenols is 7. The first kappa shape index (κ1) is 33.0. The molecule has 0 heterocycles. The number of nitrogens with one attached hydrogen (secondary N) is 1. The average Bonchev–Trinajstić information content (AvgIpc) is 3.05. The molecular weight excluding hydrogens is 622 g/mol. The number of aromatic hydroxyl groups is 7. The van der Waals surface area contributed by atoms with Gasteiger partial charge in [0.25, 0.3) is 0 Å². The number of likely N-dealkylation sites (N-methyl/N-ethyl adjacent to an activating group) is 1. The van der Waals surface area contributed by atoms with Gasteiger partial charge in [-0.1, -0.05) is 24.3 Å². The van der Waals surface area contributed by atoms with Crippen LogP contribution in [0.15, 0.2) is 84.9 Å². The number of ether oxygens (including phenoxy) is 1. The Kier molecular flexibility index (Phi) is 9.29. The van der Waals surface area contributed by atoms with Crippen LogP contribution in [0, 0.1) is 0 Å². The number of benzene rings is 5. The molecule has 0 saturated carbocycles. The van der Waals surface area contributed by atoms with E-state index in [0.717, 1.165) is 6.08 Å². The number of carboxylic acids is 1. The van der Waals surface area contributed by atoms with Gasteiger partial charge in [0.2, 0.25) is 6.10 Å². The monoisotopic (exact) mass is 653 g/mol. The highest BCUT2D eigenvalue weighted by Gasteiger charge is 2.33. The third kappa shape index (κ3) is 6.73. The van der Waals surface area contributed by atoms with Gasteiger partial charge in [0.1, 0.15) is 5.75 Å². The molecule has 0 fully saturated rings. The first-order valence-corrected chi connectivity index (χ1v) is 14.5. The lowest BCUT2D eigenvalue weighted by Crippen LogP contribution is -2.37. The van der Waals surface area contributed by atoms with Crippen LogP contribution in [-0.2, 0) is 14.3 Å². The Morgan fingerprint density at radius 3 is 2.02 bits per heavy atom. The van der Waals surface area contributed by atoms with Crippen LogP contribution in [0.4, 0.5) is 0 Å². The molecule has 0 bridgehead atoms. The van der Waals surface area contributed by atoms with Crippen LogP contribution < -0.4 is 5.32 Å². The Balaban J connectivity index is 1.53. The maximum atomic E-state index is 13.0. The number of phenolic OH excluding ortho intramolecular Hbond substituents is 7. The van der Waals surface area contributed by atoms with E-state index in [9.17, 15) is 50.4 Å². The second-order valence-electron chi connectivity index (χ2n) is 11.0. The van der Waals surface area contributed by atoms with Crippen molar-refractivity contribution in [2.75, 3.05) is 13.6 Å². The molecule has 0 aliphatic heterocycles. The zero-order chi connectivity index (χ0) is 34.7. The number of hydrogen-bond acceptors (Lipinski definition) is 11. The highest BCUT2D eigenvalue weighted by atomic mass is 16.6. The molecule has 2 unspecified atom stereocenters. The van der Waals surface area contributed by atoms with E-state index >= 15 is 0 Å². The first-order chi connectivity index (χ1) is 22.9. The molecule has 12 heteroatoms. The molecular formula is C36H31NO11. The largest absolute Gasteiger partial charge is 0.508 e. The Hall–Kier alpha value is -6.40. The molecule has 48 heavy (non-hydrogen) atoms. The number of aliphatic carboxylic acids is 1. The SMILES string of the molecule is CNCC(c1ccc(O)c(O)c1)C(OC(=O)C=Cc1cc(O)c(O)c2ccc(-c3cc(O)c(O)cc3-c3cccc(O)c3)cc12)C(=O)O. The van der Waals surface area contributed by atoms with Crippen molar-refractivity contribution >= 4 is 28.8 Å². The Labute approximate surface area is 273 Å². The first-order valence-electron chi connectivity index (χ1n) is 14.5. The predicted molar refractivity (Wildman–Crippen MR) is 176 cm³/mol. The molecule has 2 atom stereocenters. The maximum absolute atomic E-state index is 13.0. The highest BCUT2D eigenvalue weighted by molar-refractivity contribution is 6.02. The Bertz CT molecular complexity index is 2070. The van der Waals surface area contributed by atoms with Crippen molar-refractivity contribution in [2.45, 2.75) is 12.0 Å². The van der Waals surface area contributed by atoms with E-state index in [4.69, 9.17) is 4.74 Å². The van der Waals surface area contributed by atoms with Gasteiger partial charge in [-0.05, 0) is 106 Å². The van der Waals surface area contributed by atoms with Crippen LogP contribution in [-0.4, -0.2) is 72.5 Å². The Morgan fingerprint density at radius 1 is 0.729 bits per heavy atom. The molecule has 246 valence electrons. The molecule has 9 N–H and O–H groups in total. The summed E-state index contributed by atoms with van der Waals surface area (Å²) in [7, 11) is 1.57. The van der Waals surface area contributed by atoms with Gasteiger partial charge in [0.05, 0.1) is 0 Å². The molecule has 12 nitrogen and oxygen atoms in total. The molecule has 0 saturated heterocycles. The Morgan fingerprint density at radius 2 is 1.40 bits per heavy atom. The minimum absolute atomic E-state index is 0.0205. The van der Waals surface area contributed by atoms with Crippen molar-refractivity contribution in [1.82, 2.24) is 5.32 Å². The molecule has 5 aromatic rings. The van der Waals surface area contributed by atoms with Gasteiger partial charge in [-0.15, -0.1) is 0 Å². The van der Waals surface area contributed by atoms with E-state index in [2.05, 4.69) is 5.32 Å². The van der Waals surface area contributed by atoms with Gasteiger partial charge in [-0.25, -0.2) is 9.59 Å². The fraction of sp³-hybridized carbons (Fsp3) is 0.111. The summed E-state index contributed by atoms with van der Waals surface area (Å²) in [5.41, 5.74) is 2.46. The average molecular weight is 654 g/mol. The van der Waals surface area contributed by atoms with Gasteiger partial charge in [0, 0.05) is 23.9 Å². The van der Waals surface area contributed by atoms with Crippen molar-refractivity contribution in [3.8, 4) is 62.5 Å². The molecule has 0 amide bonds. The summed E-state index contributed by atoms with van der Waals surface area (Å²) in [4.78, 5) is 25.2. The van der Waals surface area contributed by atoms with Gasteiger partial charge >= 0.3 is 11.9 Å². The second-order valence-corrected chi connectivity index (χ2v) is 11.0. The third-order valence-corrected chi connectivity index (χ3v) is 7.81. The topological polar surface area (TPSA) is 217 Å². The van der Waals surface area contributed by atoms with Crippen molar-refractivity contribution in [2.24, 2.45) is 0 Å². The number of hydrogen-bond donors (Lipinski definition) is 9. The summed E-state index contributed by atoms with van der Waals surface area (Å²) in [6.45, 7) is 0.0365. The smallest absolute Gasteiger partial charge is 0.345 e. The minimum Gasteiger partial charge on any atom is -0.508 e. The quantitative estimate of drug-likeness (QED) is 0.0545. The number of carbonyl (C=O) groups excluding carboxylic acids is 1. The number of esters is 1. The number of fused-ring (bicyclic) bond motifs is 1. The van der Waals surface area contributed by atoms with E-state index < -0.39 is 52.7 Å². The fourth-order valence-electron chi connectivity index (χ4n) is 5.47. The van der Waals surface area contributed by atoms with E-state index in [1.165, 1.54) is 60.7 Å². The van der Waals surface area contributed by atoms with Gasteiger partial charge in [-0.3, -0.25) is 0 Å². The van der Waals surface area contributed by atoms with Crippen molar-refractivity contribution in [3.63, 3.8) is 0 Å². The lowest BCUT2D eigenvalue weighted by atomic mass is 9.91. The summed E-state index contributed by atoms with van der Waals surface area (Å²) in [6.07, 6.45) is 0.535. The lowest BCUT2D eigenvalue weighted by Gasteiger charge is -2.24. The molecule has 0 spiro atoms. The number of carbonyl (C=O) groups is 2. The van der Waals surface area contributed by atoms with Gasteiger partial charge in [-0.2, -0.15) is 0 Å². The van der Waals surface area contributed by atoms with Crippen molar-refractivity contribution < 1.29 is 55.2 Å². The summed E-state index contributed by atoms with van der Waals surface area (Å²) in [5, 5.41) is 84.7. The van der Waals surface area contributed by atoms with Crippen LogP contribution in [0.3, 0.4) is 0 Å². The summed E-state index contributed by atoms with van der Waals surface area (Å²) < 4.78 is 5.34. The number of carboxylic acid groups (broad SMARTS) is 1. The van der Waals surface area contributed by atoms with E-state index in [1.54, 1.807) is 31.3 Å². The predicted octanol–water partition coefficient (Wildman–Crippen LogP) is 5.13. The van der Waals surface area contributed by atoms with Crippen LogP contribution >= 0.6 is 0 Å². The minimum atomic E-state index is -1.70. The highest BCUT2D eigenvalue weighted by Crippen LogP contribution is 2.43. The molecule has 0 aromatic heterocycles. The van der Waals surface area contributed by atoms with Crippen LogP contribution in [0.2, 0.25) is 0 Å². The van der Waals surface area contributed by atoms with E-state index in [0.29, 0.717) is 27.6 Å². The van der Waals surface area contributed by atoms with Crippen LogP contribution in [0.5, 0.6) is 40.2 Å². The van der Waals surface area contributed by atoms with Gasteiger partial charge in [0.15, 0.2) is 34.5 Å². The number of rotatable bonds is 10. The lowest BCUT2D eigenvalue weighted by molar-refractivity contribution is -0.162.